The Bertz CT molecular complexity index is 901. The van der Waals surface area contributed by atoms with Gasteiger partial charge in [0.25, 0.3) is 0 Å². The second-order valence-electron chi connectivity index (χ2n) is 5.07. The highest BCUT2D eigenvalue weighted by Gasteiger charge is 2.21. The summed E-state index contributed by atoms with van der Waals surface area (Å²) in [5, 5.41) is 0.989. The molecule has 0 saturated carbocycles. The molecule has 1 aromatic heterocycles. The minimum Gasteiger partial charge on any atom is -0.361 e. The van der Waals surface area contributed by atoms with Crippen molar-refractivity contribution in [2.45, 2.75) is 11.4 Å². The summed E-state index contributed by atoms with van der Waals surface area (Å²) in [5.74, 6) is -0.460. The molecular formula is C16H15FN2O2S. The molecule has 0 aliphatic rings. The Balaban J connectivity index is 1.90. The molecule has 22 heavy (non-hydrogen) atoms. The van der Waals surface area contributed by atoms with Crippen LogP contribution in [-0.2, 0) is 16.6 Å². The van der Waals surface area contributed by atoms with E-state index in [1.54, 1.807) is 6.20 Å². The van der Waals surface area contributed by atoms with Crippen molar-refractivity contribution in [3.63, 3.8) is 0 Å². The van der Waals surface area contributed by atoms with Gasteiger partial charge in [-0.2, -0.15) is 4.31 Å². The minimum absolute atomic E-state index is 0.0799. The van der Waals surface area contributed by atoms with Gasteiger partial charge >= 0.3 is 0 Å². The third kappa shape index (κ3) is 2.63. The van der Waals surface area contributed by atoms with Crippen LogP contribution in [0.15, 0.2) is 59.6 Å². The zero-order chi connectivity index (χ0) is 15.7. The number of H-pyrrole nitrogens is 1. The van der Waals surface area contributed by atoms with Crippen LogP contribution in [0.2, 0.25) is 0 Å². The van der Waals surface area contributed by atoms with Crippen LogP contribution in [0.4, 0.5) is 4.39 Å². The molecule has 1 heterocycles. The van der Waals surface area contributed by atoms with Crippen LogP contribution in [0.3, 0.4) is 0 Å². The molecule has 3 aromatic rings. The minimum atomic E-state index is -3.65. The number of halogens is 1. The lowest BCUT2D eigenvalue weighted by atomic mass is 10.2. The molecule has 4 nitrogen and oxygen atoms in total. The normalized spacial score (nSPS) is 12.1. The van der Waals surface area contributed by atoms with Gasteiger partial charge in [0.1, 0.15) is 5.82 Å². The summed E-state index contributed by atoms with van der Waals surface area (Å²) in [4.78, 5) is 3.20. The average molecular weight is 318 g/mol. The van der Waals surface area contributed by atoms with Crippen LogP contribution in [-0.4, -0.2) is 24.8 Å². The molecule has 0 fully saturated rings. The van der Waals surface area contributed by atoms with E-state index in [2.05, 4.69) is 4.98 Å². The van der Waals surface area contributed by atoms with E-state index < -0.39 is 15.8 Å². The first kappa shape index (κ1) is 14.7. The van der Waals surface area contributed by atoms with Gasteiger partial charge in [-0.1, -0.05) is 18.2 Å². The van der Waals surface area contributed by atoms with Gasteiger partial charge in [0.05, 0.1) is 4.90 Å². The van der Waals surface area contributed by atoms with Gasteiger partial charge in [-0.25, -0.2) is 12.8 Å². The lowest BCUT2D eigenvalue weighted by Crippen LogP contribution is -2.26. The number of hydrogen-bond donors (Lipinski definition) is 1. The summed E-state index contributed by atoms with van der Waals surface area (Å²) in [6.45, 7) is 0.240. The van der Waals surface area contributed by atoms with Gasteiger partial charge in [-0.05, 0) is 35.9 Å². The zero-order valence-corrected chi connectivity index (χ0v) is 12.8. The maximum absolute atomic E-state index is 12.9. The largest absolute Gasteiger partial charge is 0.361 e. The zero-order valence-electron chi connectivity index (χ0n) is 12.0. The van der Waals surface area contributed by atoms with Gasteiger partial charge in [0, 0.05) is 30.7 Å². The molecule has 1 N–H and O–H groups in total. The number of rotatable bonds is 4. The number of fused-ring (bicyclic) bond motifs is 1. The van der Waals surface area contributed by atoms with Crippen LogP contribution in [0, 0.1) is 5.82 Å². The van der Waals surface area contributed by atoms with Gasteiger partial charge in [-0.15, -0.1) is 0 Å². The van der Waals surface area contributed by atoms with Gasteiger partial charge in [0.2, 0.25) is 10.0 Å². The van der Waals surface area contributed by atoms with E-state index in [1.807, 2.05) is 24.3 Å². The van der Waals surface area contributed by atoms with Crippen LogP contribution in [0.1, 0.15) is 5.56 Å². The summed E-state index contributed by atoms with van der Waals surface area (Å²) in [5.41, 5.74) is 1.86. The summed E-state index contributed by atoms with van der Waals surface area (Å²) >= 11 is 0. The SMILES string of the molecule is CN(Cc1c[nH]c2ccccc12)S(=O)(=O)c1ccc(F)cc1. The van der Waals surface area contributed by atoms with E-state index >= 15 is 0 Å². The van der Waals surface area contributed by atoms with Crippen molar-refractivity contribution in [3.8, 4) is 0 Å². The topological polar surface area (TPSA) is 53.2 Å². The number of sulfonamides is 1. The predicted octanol–water partition coefficient (Wildman–Crippen LogP) is 3.13. The fraction of sp³-hybridized carbons (Fsp3) is 0.125. The molecule has 0 aliphatic carbocycles. The van der Waals surface area contributed by atoms with E-state index in [-0.39, 0.29) is 11.4 Å². The van der Waals surface area contributed by atoms with Crippen LogP contribution in [0.25, 0.3) is 10.9 Å². The van der Waals surface area contributed by atoms with E-state index in [1.165, 1.54) is 23.5 Å². The molecular weight excluding hydrogens is 303 g/mol. The number of nitrogens with zero attached hydrogens (tertiary/aromatic N) is 1. The van der Waals surface area contributed by atoms with Crippen LogP contribution >= 0.6 is 0 Å². The molecule has 0 saturated heterocycles. The monoisotopic (exact) mass is 318 g/mol. The molecule has 0 aliphatic heterocycles. The Morgan fingerprint density at radius 2 is 1.77 bits per heavy atom. The molecule has 6 heteroatoms. The van der Waals surface area contributed by atoms with Crippen molar-refractivity contribution in [2.75, 3.05) is 7.05 Å². The first-order valence-corrected chi connectivity index (χ1v) is 8.19. The maximum Gasteiger partial charge on any atom is 0.243 e. The molecule has 3 rings (SSSR count). The van der Waals surface area contributed by atoms with Crippen molar-refractivity contribution in [3.05, 3.63) is 66.1 Å². The van der Waals surface area contributed by atoms with Crippen molar-refractivity contribution >= 4 is 20.9 Å². The number of benzene rings is 2. The van der Waals surface area contributed by atoms with E-state index in [0.717, 1.165) is 28.6 Å². The van der Waals surface area contributed by atoms with Crippen molar-refractivity contribution in [1.82, 2.24) is 9.29 Å². The molecule has 0 bridgehead atoms. The quantitative estimate of drug-likeness (QED) is 0.803. The summed E-state index contributed by atoms with van der Waals surface area (Å²) in [6.07, 6.45) is 1.81. The van der Waals surface area contributed by atoms with Crippen LogP contribution in [0.5, 0.6) is 0 Å². The number of nitrogens with one attached hydrogen (secondary N) is 1. The average Bonchev–Trinajstić information content (AvgIpc) is 2.91. The molecule has 0 radical (unpaired) electrons. The van der Waals surface area contributed by atoms with E-state index in [0.29, 0.717) is 0 Å². The number of aromatic nitrogens is 1. The Labute approximate surface area is 128 Å². The fourth-order valence-electron chi connectivity index (χ4n) is 2.37. The summed E-state index contributed by atoms with van der Waals surface area (Å²) in [6, 6.07) is 12.5. The van der Waals surface area contributed by atoms with E-state index in [9.17, 15) is 12.8 Å². The van der Waals surface area contributed by atoms with Gasteiger partial charge in [0.15, 0.2) is 0 Å². The number of aromatic amines is 1. The molecule has 0 unspecified atom stereocenters. The highest BCUT2D eigenvalue weighted by atomic mass is 32.2. The van der Waals surface area contributed by atoms with Crippen molar-refractivity contribution in [1.29, 1.82) is 0 Å². The van der Waals surface area contributed by atoms with Crippen LogP contribution < -0.4 is 0 Å². The molecule has 0 amide bonds. The standard InChI is InChI=1S/C16H15FN2O2S/c1-19(22(20,21)14-8-6-13(17)7-9-14)11-12-10-18-16-5-3-2-4-15(12)16/h2-10,18H,11H2,1H3. The Morgan fingerprint density at radius 3 is 2.50 bits per heavy atom. The van der Waals surface area contributed by atoms with E-state index in [4.69, 9.17) is 0 Å². The summed E-state index contributed by atoms with van der Waals surface area (Å²) < 4.78 is 39.2. The number of para-hydroxylation sites is 1. The Hall–Kier alpha value is -2.18. The van der Waals surface area contributed by atoms with Gasteiger partial charge in [-0.3, -0.25) is 0 Å². The second kappa shape index (κ2) is 5.55. The molecule has 0 spiro atoms. The first-order chi connectivity index (χ1) is 10.5. The molecule has 0 atom stereocenters. The highest BCUT2D eigenvalue weighted by Crippen LogP contribution is 2.22. The molecule has 114 valence electrons. The Kier molecular flexibility index (Phi) is 3.72. The second-order valence-corrected chi connectivity index (χ2v) is 7.12. The smallest absolute Gasteiger partial charge is 0.243 e. The predicted molar refractivity (Wildman–Crippen MR) is 83.4 cm³/mol. The van der Waals surface area contributed by atoms with Gasteiger partial charge < -0.3 is 4.98 Å². The third-order valence-corrected chi connectivity index (χ3v) is 5.41. The maximum atomic E-state index is 12.9. The summed E-state index contributed by atoms with van der Waals surface area (Å²) in [7, 11) is -2.13. The highest BCUT2D eigenvalue weighted by molar-refractivity contribution is 7.89. The van der Waals surface area contributed by atoms with Crippen molar-refractivity contribution in [2.24, 2.45) is 0 Å². The lowest BCUT2D eigenvalue weighted by molar-refractivity contribution is 0.468. The molecule has 2 aromatic carbocycles. The van der Waals surface area contributed by atoms with Crippen molar-refractivity contribution < 1.29 is 12.8 Å². The lowest BCUT2D eigenvalue weighted by Gasteiger charge is -2.16. The third-order valence-electron chi connectivity index (χ3n) is 3.59. The Morgan fingerprint density at radius 1 is 1.09 bits per heavy atom. The fourth-order valence-corrected chi connectivity index (χ4v) is 3.52. The first-order valence-electron chi connectivity index (χ1n) is 6.75. The number of hydrogen-bond acceptors (Lipinski definition) is 2.